The van der Waals surface area contributed by atoms with Gasteiger partial charge in [0.05, 0.1) is 6.04 Å². The molecule has 0 saturated carbocycles. The summed E-state index contributed by atoms with van der Waals surface area (Å²) in [5, 5.41) is 3.02. The Hall–Kier alpha value is -1.24. The van der Waals surface area contributed by atoms with Gasteiger partial charge in [-0.05, 0) is 43.4 Å². The van der Waals surface area contributed by atoms with Crippen LogP contribution in [0.5, 0.6) is 0 Å². The molecule has 2 rings (SSSR count). The van der Waals surface area contributed by atoms with Gasteiger partial charge in [0.15, 0.2) is 0 Å². The average molecular weight is 372 g/mol. The van der Waals surface area contributed by atoms with Crippen molar-refractivity contribution in [2.24, 2.45) is 5.73 Å². The lowest BCUT2D eigenvalue weighted by atomic mass is 10.0. The third kappa shape index (κ3) is 6.00. The van der Waals surface area contributed by atoms with Gasteiger partial charge < -0.3 is 16.0 Å². The van der Waals surface area contributed by atoms with Crippen LogP contribution < -0.4 is 11.1 Å². The fourth-order valence-electron chi connectivity index (χ4n) is 2.67. The number of piperidine rings is 1. The number of hydrogen-bond donors (Lipinski definition) is 2. The Balaban J connectivity index is 0.00000288. The molecule has 1 aromatic rings. The molecule has 24 heavy (non-hydrogen) atoms. The first-order valence-electron chi connectivity index (χ1n) is 8.01. The highest BCUT2D eigenvalue weighted by atomic mass is 35.5. The minimum atomic E-state index is -0.438. The highest BCUT2D eigenvalue weighted by Crippen LogP contribution is 2.14. The fraction of sp³-hybridized carbons (Fsp3) is 0.529. The van der Waals surface area contributed by atoms with Crippen molar-refractivity contribution < 1.29 is 9.59 Å². The molecule has 5 nitrogen and oxygen atoms in total. The van der Waals surface area contributed by atoms with Crippen LogP contribution in [-0.2, 0) is 4.79 Å². The molecule has 134 valence electrons. The zero-order valence-corrected chi connectivity index (χ0v) is 15.6. The number of thioether (sulfide) groups is 1. The smallest absolute Gasteiger partial charge is 0.253 e. The molecule has 1 fully saturated rings. The number of carbonyl (C=O) groups excluding carboxylic acids is 2. The van der Waals surface area contributed by atoms with Gasteiger partial charge in [-0.25, -0.2) is 0 Å². The van der Waals surface area contributed by atoms with Gasteiger partial charge in [0.2, 0.25) is 5.91 Å². The summed E-state index contributed by atoms with van der Waals surface area (Å²) in [5.41, 5.74) is 6.60. The van der Waals surface area contributed by atoms with E-state index in [2.05, 4.69) is 5.32 Å². The molecule has 1 aliphatic heterocycles. The van der Waals surface area contributed by atoms with E-state index in [1.54, 1.807) is 11.8 Å². The number of rotatable bonds is 6. The Morgan fingerprint density at radius 3 is 2.50 bits per heavy atom. The quantitative estimate of drug-likeness (QED) is 0.800. The van der Waals surface area contributed by atoms with Gasteiger partial charge in [-0.3, -0.25) is 9.59 Å². The standard InChI is InChI=1S/C17H25N3O2S.ClH/c1-23-12-9-15(18)16(21)19-14-7-10-20(11-8-14)17(22)13-5-3-2-4-6-13;/h2-6,14-15H,7-12,18H2,1H3,(H,19,21);1H/t15-;/m0./s1. The van der Waals surface area contributed by atoms with Crippen LogP contribution >= 0.6 is 24.2 Å². The first kappa shape index (κ1) is 20.8. The molecule has 7 heteroatoms. The number of benzene rings is 1. The lowest BCUT2D eigenvalue weighted by molar-refractivity contribution is -0.123. The number of nitrogens with one attached hydrogen (secondary N) is 1. The molecule has 0 unspecified atom stereocenters. The molecule has 0 aliphatic carbocycles. The Kier molecular flexibility index (Phi) is 9.18. The first-order chi connectivity index (χ1) is 11.1. The van der Waals surface area contributed by atoms with E-state index in [4.69, 9.17) is 5.73 Å². The van der Waals surface area contributed by atoms with Gasteiger partial charge in [-0.2, -0.15) is 11.8 Å². The molecule has 0 aromatic heterocycles. The number of likely N-dealkylation sites (tertiary alicyclic amines) is 1. The SMILES string of the molecule is CSCC[C@H](N)C(=O)NC1CCN(C(=O)c2ccccc2)CC1.Cl. The zero-order valence-electron chi connectivity index (χ0n) is 13.9. The van der Waals surface area contributed by atoms with Crippen LogP contribution in [0.2, 0.25) is 0 Å². The van der Waals surface area contributed by atoms with Gasteiger partial charge in [0, 0.05) is 24.7 Å². The third-order valence-corrected chi connectivity index (χ3v) is 4.76. The predicted octanol–water partition coefficient (Wildman–Crippen LogP) is 1.91. The van der Waals surface area contributed by atoms with Gasteiger partial charge in [-0.1, -0.05) is 18.2 Å². The third-order valence-electron chi connectivity index (χ3n) is 4.12. The largest absolute Gasteiger partial charge is 0.352 e. The van der Waals surface area contributed by atoms with Crippen LogP contribution in [0.1, 0.15) is 29.6 Å². The molecule has 3 N–H and O–H groups in total. The Morgan fingerprint density at radius 2 is 1.92 bits per heavy atom. The second-order valence-corrected chi connectivity index (χ2v) is 6.81. The summed E-state index contributed by atoms with van der Waals surface area (Å²) >= 11 is 1.69. The molecule has 1 heterocycles. The van der Waals surface area contributed by atoms with E-state index < -0.39 is 6.04 Å². The second-order valence-electron chi connectivity index (χ2n) is 5.83. The van der Waals surface area contributed by atoms with Crippen LogP contribution in [-0.4, -0.2) is 53.9 Å². The van der Waals surface area contributed by atoms with E-state index in [1.807, 2.05) is 41.5 Å². The Labute approximate surface area is 154 Å². The van der Waals surface area contributed by atoms with Crippen molar-refractivity contribution in [1.29, 1.82) is 0 Å². The Bertz CT molecular complexity index is 522. The van der Waals surface area contributed by atoms with Crippen molar-refractivity contribution >= 4 is 36.0 Å². The predicted molar refractivity (Wildman–Crippen MR) is 102 cm³/mol. The van der Waals surface area contributed by atoms with Crippen LogP contribution in [0.4, 0.5) is 0 Å². The number of nitrogens with two attached hydrogens (primary N) is 1. The second kappa shape index (κ2) is 10.6. The van der Waals surface area contributed by atoms with Gasteiger partial charge >= 0.3 is 0 Å². The molecule has 2 amide bonds. The van der Waals surface area contributed by atoms with Crippen molar-refractivity contribution in [1.82, 2.24) is 10.2 Å². The van der Waals surface area contributed by atoms with Gasteiger partial charge in [0.1, 0.15) is 0 Å². The average Bonchev–Trinajstić information content (AvgIpc) is 2.60. The number of halogens is 1. The number of amides is 2. The van der Waals surface area contributed by atoms with Crippen molar-refractivity contribution in [3.8, 4) is 0 Å². The van der Waals surface area contributed by atoms with E-state index in [0.717, 1.165) is 18.6 Å². The van der Waals surface area contributed by atoms with Crippen molar-refractivity contribution in [2.75, 3.05) is 25.1 Å². The monoisotopic (exact) mass is 371 g/mol. The van der Waals surface area contributed by atoms with Gasteiger partial charge in [0.25, 0.3) is 5.91 Å². The minimum absolute atomic E-state index is 0. The maximum atomic E-state index is 12.4. The van der Waals surface area contributed by atoms with Crippen molar-refractivity contribution in [3.63, 3.8) is 0 Å². The fourth-order valence-corrected chi connectivity index (χ4v) is 3.16. The lowest BCUT2D eigenvalue weighted by Gasteiger charge is -2.33. The highest BCUT2D eigenvalue weighted by Gasteiger charge is 2.25. The minimum Gasteiger partial charge on any atom is -0.352 e. The van der Waals surface area contributed by atoms with Crippen molar-refractivity contribution in [2.45, 2.75) is 31.3 Å². The van der Waals surface area contributed by atoms with Crippen LogP contribution in [0.25, 0.3) is 0 Å². The molecule has 1 aromatic carbocycles. The summed E-state index contributed by atoms with van der Waals surface area (Å²) in [4.78, 5) is 26.3. The van der Waals surface area contributed by atoms with Crippen molar-refractivity contribution in [3.05, 3.63) is 35.9 Å². The molecule has 0 bridgehead atoms. The lowest BCUT2D eigenvalue weighted by Crippen LogP contribution is -2.50. The van der Waals surface area contributed by atoms with E-state index in [-0.39, 0.29) is 30.3 Å². The summed E-state index contributed by atoms with van der Waals surface area (Å²) < 4.78 is 0. The molecule has 1 atom stereocenters. The Morgan fingerprint density at radius 1 is 1.29 bits per heavy atom. The summed E-state index contributed by atoms with van der Waals surface area (Å²) in [5.74, 6) is 0.873. The molecular weight excluding hydrogens is 346 g/mol. The summed E-state index contributed by atoms with van der Waals surface area (Å²) in [6.07, 6.45) is 4.25. The van der Waals surface area contributed by atoms with E-state index >= 15 is 0 Å². The number of hydrogen-bond acceptors (Lipinski definition) is 4. The topological polar surface area (TPSA) is 75.4 Å². The molecule has 1 saturated heterocycles. The molecular formula is C17H26ClN3O2S. The maximum Gasteiger partial charge on any atom is 0.253 e. The number of carbonyl (C=O) groups is 2. The molecule has 0 spiro atoms. The zero-order chi connectivity index (χ0) is 16.7. The normalized spacial score (nSPS) is 16.2. The summed E-state index contributed by atoms with van der Waals surface area (Å²) in [6.45, 7) is 1.33. The summed E-state index contributed by atoms with van der Waals surface area (Å²) in [7, 11) is 0. The molecule has 0 radical (unpaired) electrons. The van der Waals surface area contributed by atoms with Crippen LogP contribution in [0.3, 0.4) is 0 Å². The summed E-state index contributed by atoms with van der Waals surface area (Å²) in [6, 6.07) is 8.99. The maximum absolute atomic E-state index is 12.4. The van der Waals surface area contributed by atoms with Crippen LogP contribution in [0, 0.1) is 0 Å². The first-order valence-corrected chi connectivity index (χ1v) is 9.40. The van der Waals surface area contributed by atoms with E-state index in [0.29, 0.717) is 25.1 Å². The highest BCUT2D eigenvalue weighted by molar-refractivity contribution is 7.98. The molecule has 1 aliphatic rings. The van der Waals surface area contributed by atoms with Crippen LogP contribution in [0.15, 0.2) is 30.3 Å². The van der Waals surface area contributed by atoms with Gasteiger partial charge in [-0.15, -0.1) is 12.4 Å². The van der Waals surface area contributed by atoms with E-state index in [1.165, 1.54) is 0 Å². The number of nitrogens with zero attached hydrogens (tertiary/aromatic N) is 1. The van der Waals surface area contributed by atoms with E-state index in [9.17, 15) is 9.59 Å².